The van der Waals surface area contributed by atoms with E-state index in [-0.39, 0.29) is 17.3 Å². The van der Waals surface area contributed by atoms with Gasteiger partial charge in [-0.2, -0.15) is 0 Å². The molecule has 3 unspecified atom stereocenters. The third-order valence-electron chi connectivity index (χ3n) is 5.90. The van der Waals surface area contributed by atoms with Crippen molar-refractivity contribution in [1.29, 1.82) is 0 Å². The Morgan fingerprint density at radius 1 is 1.39 bits per heavy atom. The molecule has 2 N–H and O–H groups in total. The smallest absolute Gasteiger partial charge is 0.308 e. The molecule has 0 amide bonds. The van der Waals surface area contributed by atoms with E-state index in [0.29, 0.717) is 12.6 Å². The maximum Gasteiger partial charge on any atom is 0.308 e. The molecule has 0 aromatic rings. The van der Waals surface area contributed by atoms with Crippen molar-refractivity contribution in [3.63, 3.8) is 0 Å². The summed E-state index contributed by atoms with van der Waals surface area (Å²) in [5.74, 6) is 1.65. The number of hydrogen-bond acceptors (Lipinski definition) is 3. The van der Waals surface area contributed by atoms with Gasteiger partial charge < -0.3 is 10.5 Å². The minimum atomic E-state index is 0.0200. The second-order valence-corrected chi connectivity index (χ2v) is 6.57. The van der Waals surface area contributed by atoms with E-state index in [1.807, 2.05) is 6.92 Å². The van der Waals surface area contributed by atoms with E-state index >= 15 is 0 Å². The number of esters is 1. The highest BCUT2D eigenvalue weighted by molar-refractivity contribution is 5.72. The normalized spacial score (nSPS) is 46.6. The van der Waals surface area contributed by atoms with Crippen molar-refractivity contribution >= 4 is 5.97 Å². The average Bonchev–Trinajstić information content (AvgIpc) is 2.94. The number of ether oxygens (including phenoxy) is 1. The summed E-state index contributed by atoms with van der Waals surface area (Å²) in [5, 5.41) is 0. The molecule has 102 valence electrons. The standard InChI is InChI=1S/C15H25NO2/c1-2-18-14(17)11-4-3-7-15(9-11)12-6-5-10(8-12)13(15)16/h10-13H,2-9,16H2,1H3/t10?,11?,12?,13-,15+/m1/s1. The van der Waals surface area contributed by atoms with E-state index < -0.39 is 0 Å². The molecule has 0 heterocycles. The molecule has 3 aliphatic carbocycles. The molecule has 2 bridgehead atoms. The summed E-state index contributed by atoms with van der Waals surface area (Å²) in [7, 11) is 0. The lowest BCUT2D eigenvalue weighted by Crippen LogP contribution is -2.49. The maximum atomic E-state index is 12.0. The van der Waals surface area contributed by atoms with Crippen LogP contribution in [-0.2, 0) is 9.53 Å². The number of carbonyl (C=O) groups excluding carboxylic acids is 1. The quantitative estimate of drug-likeness (QED) is 0.767. The Bertz CT molecular complexity index is 339. The number of carbonyl (C=O) groups is 1. The SMILES string of the molecule is CCOC(=O)C1CCC[C@]2(C1)C1CCC(C1)[C@H]2N. The summed E-state index contributed by atoms with van der Waals surface area (Å²) in [5.41, 5.74) is 6.79. The van der Waals surface area contributed by atoms with Crippen LogP contribution in [0.1, 0.15) is 51.9 Å². The van der Waals surface area contributed by atoms with Gasteiger partial charge in [0.05, 0.1) is 12.5 Å². The molecule has 0 aromatic heterocycles. The summed E-state index contributed by atoms with van der Waals surface area (Å²) < 4.78 is 5.22. The zero-order valence-corrected chi connectivity index (χ0v) is 11.4. The third kappa shape index (κ3) is 1.70. The van der Waals surface area contributed by atoms with E-state index in [9.17, 15) is 4.79 Å². The summed E-state index contributed by atoms with van der Waals surface area (Å²) in [4.78, 5) is 12.0. The van der Waals surface area contributed by atoms with Crippen LogP contribution in [-0.4, -0.2) is 18.6 Å². The van der Waals surface area contributed by atoms with Crippen molar-refractivity contribution in [2.24, 2.45) is 28.9 Å². The lowest BCUT2D eigenvalue weighted by atomic mass is 9.59. The van der Waals surface area contributed by atoms with Crippen LogP contribution < -0.4 is 5.73 Å². The first-order valence-corrected chi connectivity index (χ1v) is 7.59. The van der Waals surface area contributed by atoms with Gasteiger partial charge in [-0.1, -0.05) is 6.42 Å². The third-order valence-corrected chi connectivity index (χ3v) is 5.90. The number of rotatable bonds is 2. The van der Waals surface area contributed by atoms with Crippen LogP contribution in [0.4, 0.5) is 0 Å². The maximum absolute atomic E-state index is 12.0. The van der Waals surface area contributed by atoms with Gasteiger partial charge in [0, 0.05) is 6.04 Å². The monoisotopic (exact) mass is 251 g/mol. The molecular weight excluding hydrogens is 226 g/mol. The van der Waals surface area contributed by atoms with E-state index in [1.54, 1.807) is 0 Å². The lowest BCUT2D eigenvalue weighted by Gasteiger charge is -2.47. The summed E-state index contributed by atoms with van der Waals surface area (Å²) in [6.45, 7) is 2.39. The molecule has 3 heteroatoms. The molecule has 18 heavy (non-hydrogen) atoms. The van der Waals surface area contributed by atoms with Gasteiger partial charge in [0.2, 0.25) is 0 Å². The molecule has 3 nitrogen and oxygen atoms in total. The highest BCUT2D eigenvalue weighted by Gasteiger charge is 2.58. The molecule has 0 saturated heterocycles. The Kier molecular flexibility index (Phi) is 3.13. The van der Waals surface area contributed by atoms with E-state index in [4.69, 9.17) is 10.5 Å². The molecule has 0 aliphatic heterocycles. The fraction of sp³-hybridized carbons (Fsp3) is 0.933. The average molecular weight is 251 g/mol. The van der Waals surface area contributed by atoms with Crippen molar-refractivity contribution in [2.45, 2.75) is 57.9 Å². The minimum Gasteiger partial charge on any atom is -0.466 e. The van der Waals surface area contributed by atoms with Gasteiger partial charge in [0.15, 0.2) is 0 Å². The van der Waals surface area contributed by atoms with Crippen LogP contribution in [0.5, 0.6) is 0 Å². The molecule has 1 spiro atoms. The molecule has 3 aliphatic rings. The number of fused-ring (bicyclic) bond motifs is 3. The minimum absolute atomic E-state index is 0.0200. The first-order chi connectivity index (χ1) is 8.67. The molecule has 0 aromatic carbocycles. The molecule has 3 rings (SSSR count). The first-order valence-electron chi connectivity index (χ1n) is 7.59. The van der Waals surface area contributed by atoms with Crippen molar-refractivity contribution in [1.82, 2.24) is 0 Å². The molecule has 3 fully saturated rings. The zero-order valence-electron chi connectivity index (χ0n) is 11.4. The summed E-state index contributed by atoms with van der Waals surface area (Å²) in [6, 6.07) is 0.341. The number of hydrogen-bond donors (Lipinski definition) is 1. The van der Waals surface area contributed by atoms with E-state index in [1.165, 1.54) is 25.7 Å². The Morgan fingerprint density at radius 2 is 2.22 bits per heavy atom. The van der Waals surface area contributed by atoms with E-state index in [2.05, 4.69) is 0 Å². The van der Waals surface area contributed by atoms with Gasteiger partial charge in [-0.25, -0.2) is 0 Å². The molecule has 0 radical (unpaired) electrons. The van der Waals surface area contributed by atoms with Gasteiger partial charge >= 0.3 is 5.97 Å². The second kappa shape index (κ2) is 4.52. The largest absolute Gasteiger partial charge is 0.466 e. The van der Waals surface area contributed by atoms with Gasteiger partial charge in [0.25, 0.3) is 0 Å². The first kappa shape index (κ1) is 12.5. The zero-order chi connectivity index (χ0) is 12.8. The predicted molar refractivity (Wildman–Crippen MR) is 69.8 cm³/mol. The Hall–Kier alpha value is -0.570. The van der Waals surface area contributed by atoms with Crippen LogP contribution in [0.2, 0.25) is 0 Å². The Labute approximate surface area is 109 Å². The van der Waals surface area contributed by atoms with Crippen LogP contribution in [0.25, 0.3) is 0 Å². The van der Waals surface area contributed by atoms with Crippen LogP contribution in [0, 0.1) is 23.2 Å². The van der Waals surface area contributed by atoms with Crippen molar-refractivity contribution < 1.29 is 9.53 Å². The summed E-state index contributed by atoms with van der Waals surface area (Å²) >= 11 is 0. The highest BCUT2D eigenvalue weighted by Crippen LogP contribution is 2.61. The topological polar surface area (TPSA) is 52.3 Å². The number of nitrogens with two attached hydrogens (primary N) is 1. The predicted octanol–water partition coefficient (Wildman–Crippen LogP) is 2.48. The molecule has 5 atom stereocenters. The molecular formula is C15H25NO2. The van der Waals surface area contributed by atoms with Crippen LogP contribution in [0.3, 0.4) is 0 Å². The van der Waals surface area contributed by atoms with E-state index in [0.717, 1.165) is 31.1 Å². The highest BCUT2D eigenvalue weighted by atomic mass is 16.5. The summed E-state index contributed by atoms with van der Waals surface area (Å²) in [6.07, 6.45) is 8.37. The fourth-order valence-electron chi connectivity index (χ4n) is 5.08. The van der Waals surface area contributed by atoms with Crippen LogP contribution in [0.15, 0.2) is 0 Å². The van der Waals surface area contributed by atoms with Crippen molar-refractivity contribution in [2.75, 3.05) is 6.61 Å². The van der Waals surface area contributed by atoms with Gasteiger partial charge in [0.1, 0.15) is 0 Å². The lowest BCUT2D eigenvalue weighted by molar-refractivity contribution is -0.151. The Balaban J connectivity index is 1.75. The van der Waals surface area contributed by atoms with Gasteiger partial charge in [-0.3, -0.25) is 4.79 Å². The fourth-order valence-corrected chi connectivity index (χ4v) is 5.08. The molecule has 3 saturated carbocycles. The van der Waals surface area contributed by atoms with Gasteiger partial charge in [-0.15, -0.1) is 0 Å². The van der Waals surface area contributed by atoms with Crippen LogP contribution >= 0.6 is 0 Å². The second-order valence-electron chi connectivity index (χ2n) is 6.57. The van der Waals surface area contributed by atoms with Gasteiger partial charge in [-0.05, 0) is 62.7 Å². The van der Waals surface area contributed by atoms with Crippen molar-refractivity contribution in [3.8, 4) is 0 Å². The Morgan fingerprint density at radius 3 is 2.89 bits per heavy atom. The van der Waals surface area contributed by atoms with Crippen molar-refractivity contribution in [3.05, 3.63) is 0 Å².